The van der Waals surface area contributed by atoms with Crippen LogP contribution in [0.2, 0.25) is 0 Å². The molecule has 0 aliphatic carbocycles. The molecule has 0 bridgehead atoms. The van der Waals surface area contributed by atoms with E-state index in [2.05, 4.69) is 21.7 Å². The molecule has 2 heterocycles. The minimum Gasteiger partial charge on any atom is -0.496 e. The van der Waals surface area contributed by atoms with E-state index in [9.17, 15) is 10.1 Å². The summed E-state index contributed by atoms with van der Waals surface area (Å²) in [7, 11) is 3.04. The van der Waals surface area contributed by atoms with Gasteiger partial charge in [-0.05, 0) is 24.6 Å². The predicted molar refractivity (Wildman–Crippen MR) is 94.9 cm³/mol. The van der Waals surface area contributed by atoms with Crippen molar-refractivity contribution in [1.29, 1.82) is 10.5 Å². The van der Waals surface area contributed by atoms with Gasteiger partial charge in [0.1, 0.15) is 5.75 Å². The molecule has 1 fully saturated rings. The smallest absolute Gasteiger partial charge is 0.309 e. The first kappa shape index (κ1) is 19.1. The molecule has 2 atom stereocenters. The lowest BCUT2D eigenvalue weighted by Crippen LogP contribution is -2.36. The summed E-state index contributed by atoms with van der Waals surface area (Å²) in [6.45, 7) is 0.787. The van der Waals surface area contributed by atoms with Gasteiger partial charge >= 0.3 is 11.8 Å². The van der Waals surface area contributed by atoms with Crippen LogP contribution in [0.5, 0.6) is 5.75 Å². The quantitative estimate of drug-likeness (QED) is 0.723. The van der Waals surface area contributed by atoms with Crippen LogP contribution in [0, 0.1) is 22.8 Å². The number of nitrogens with one attached hydrogen (secondary N) is 1. The number of amides is 1. The Bertz CT molecular complexity index is 944. The van der Waals surface area contributed by atoms with Gasteiger partial charge in [-0.3, -0.25) is 4.79 Å². The van der Waals surface area contributed by atoms with Crippen molar-refractivity contribution in [2.75, 3.05) is 27.4 Å². The maximum absolute atomic E-state index is 12.5. The molecule has 1 amide bonds. The summed E-state index contributed by atoms with van der Waals surface area (Å²) in [6.07, 6.45) is 2.68. The van der Waals surface area contributed by atoms with Crippen molar-refractivity contribution in [2.45, 2.75) is 18.5 Å². The third-order valence-electron chi connectivity index (χ3n) is 4.42. The number of ether oxygens (including phenoxy) is 2. The van der Waals surface area contributed by atoms with E-state index in [1.807, 2.05) is 6.07 Å². The van der Waals surface area contributed by atoms with E-state index in [1.165, 1.54) is 7.11 Å². The summed E-state index contributed by atoms with van der Waals surface area (Å²) in [4.78, 5) is 14.0. The Balaban J connectivity index is 1.74. The molecule has 3 rings (SSSR count). The van der Waals surface area contributed by atoms with E-state index in [0.717, 1.165) is 0 Å². The number of benzene rings is 1. The molecule has 1 N–H and O–H groups in total. The van der Waals surface area contributed by atoms with Crippen molar-refractivity contribution in [1.82, 2.24) is 20.4 Å². The van der Waals surface area contributed by atoms with Crippen molar-refractivity contribution >= 4 is 5.91 Å². The summed E-state index contributed by atoms with van der Waals surface area (Å²) in [5.74, 6) is -0.230. The van der Waals surface area contributed by atoms with Crippen LogP contribution in [0.3, 0.4) is 0 Å². The minimum absolute atomic E-state index is 0.0708. The molecule has 2 aromatic rings. The molecule has 10 heteroatoms. The molecule has 28 heavy (non-hydrogen) atoms. The highest BCUT2D eigenvalue weighted by atomic mass is 16.5. The van der Waals surface area contributed by atoms with Crippen molar-refractivity contribution in [3.8, 4) is 29.5 Å². The molecular formula is C18H18N6O4. The topological polar surface area (TPSA) is 137 Å². The summed E-state index contributed by atoms with van der Waals surface area (Å²) >= 11 is 0. The van der Waals surface area contributed by atoms with Gasteiger partial charge in [0.2, 0.25) is 0 Å². The standard InChI is InChI=1S/C18H18N6O4/c1-26-9-13-6-12(8-24(13)10-20)21-16(25)18-23-22-17(28-18)14-5-11(7-19)3-4-15(14)27-2/h3-5,12-13H,6,8-9H2,1-2H3,(H,21,25)/t12-,13+/m1/s1. The Morgan fingerprint density at radius 2 is 2.21 bits per heavy atom. The van der Waals surface area contributed by atoms with E-state index in [0.29, 0.717) is 36.4 Å². The fourth-order valence-electron chi connectivity index (χ4n) is 3.11. The monoisotopic (exact) mass is 382 g/mol. The third-order valence-corrected chi connectivity index (χ3v) is 4.42. The third kappa shape index (κ3) is 3.87. The first-order valence-corrected chi connectivity index (χ1v) is 8.47. The SMILES string of the molecule is COC[C@@H]1C[C@@H](NC(=O)c2nnc(-c3cc(C#N)ccc3OC)o2)CN1C#N. The zero-order valence-corrected chi connectivity index (χ0v) is 15.4. The van der Waals surface area contributed by atoms with E-state index in [1.54, 1.807) is 30.2 Å². The van der Waals surface area contributed by atoms with Crippen LogP contribution >= 0.6 is 0 Å². The fourth-order valence-corrected chi connectivity index (χ4v) is 3.11. The molecule has 1 aliphatic rings. The number of nitrogens with zero attached hydrogens (tertiary/aromatic N) is 5. The highest BCUT2D eigenvalue weighted by Gasteiger charge is 2.33. The number of rotatable bonds is 6. The second-order valence-electron chi connectivity index (χ2n) is 6.21. The summed E-state index contributed by atoms with van der Waals surface area (Å²) in [5.41, 5.74) is 0.816. The molecule has 10 nitrogen and oxygen atoms in total. The number of hydrogen-bond acceptors (Lipinski definition) is 9. The number of carbonyl (C=O) groups excluding carboxylic acids is 1. The average molecular weight is 382 g/mol. The Labute approximate surface area is 161 Å². The maximum atomic E-state index is 12.5. The fraction of sp³-hybridized carbons (Fsp3) is 0.389. The summed E-state index contributed by atoms with van der Waals surface area (Å²) in [6, 6.07) is 6.46. The lowest BCUT2D eigenvalue weighted by atomic mass is 10.1. The zero-order valence-electron chi connectivity index (χ0n) is 15.4. The van der Waals surface area contributed by atoms with Gasteiger partial charge in [0.25, 0.3) is 5.89 Å². The number of nitriles is 2. The largest absolute Gasteiger partial charge is 0.496 e. The van der Waals surface area contributed by atoms with Gasteiger partial charge in [0.15, 0.2) is 6.19 Å². The average Bonchev–Trinajstić information content (AvgIpc) is 3.35. The van der Waals surface area contributed by atoms with Crippen molar-refractivity contribution in [3.63, 3.8) is 0 Å². The molecule has 0 unspecified atom stereocenters. The lowest BCUT2D eigenvalue weighted by Gasteiger charge is -2.15. The Morgan fingerprint density at radius 1 is 1.39 bits per heavy atom. The number of likely N-dealkylation sites (tertiary alicyclic amines) is 1. The number of hydrogen-bond donors (Lipinski definition) is 1. The first-order valence-electron chi connectivity index (χ1n) is 8.47. The van der Waals surface area contributed by atoms with E-state index < -0.39 is 5.91 Å². The van der Waals surface area contributed by atoms with Gasteiger partial charge in [-0.1, -0.05) is 0 Å². The van der Waals surface area contributed by atoms with E-state index >= 15 is 0 Å². The van der Waals surface area contributed by atoms with E-state index in [-0.39, 0.29) is 23.9 Å². The van der Waals surface area contributed by atoms with Gasteiger partial charge in [0.05, 0.1) is 37.0 Å². The molecule has 0 spiro atoms. The van der Waals surface area contributed by atoms with Crippen LogP contribution < -0.4 is 10.1 Å². The van der Waals surface area contributed by atoms with Crippen LogP contribution in [-0.2, 0) is 4.74 Å². The second-order valence-corrected chi connectivity index (χ2v) is 6.21. The molecule has 1 aromatic heterocycles. The lowest BCUT2D eigenvalue weighted by molar-refractivity contribution is 0.0904. The van der Waals surface area contributed by atoms with Crippen LogP contribution in [0.15, 0.2) is 22.6 Å². The van der Waals surface area contributed by atoms with Crippen LogP contribution in [-0.4, -0.2) is 60.5 Å². The Morgan fingerprint density at radius 3 is 2.89 bits per heavy atom. The summed E-state index contributed by atoms with van der Waals surface area (Å²) < 4.78 is 15.8. The minimum atomic E-state index is -0.532. The normalized spacial score (nSPS) is 18.4. The first-order chi connectivity index (χ1) is 13.6. The molecule has 1 saturated heterocycles. The molecule has 1 aromatic carbocycles. The number of aromatic nitrogens is 2. The number of methoxy groups -OCH3 is 2. The van der Waals surface area contributed by atoms with E-state index in [4.69, 9.17) is 19.2 Å². The van der Waals surface area contributed by atoms with Crippen molar-refractivity contribution < 1.29 is 18.7 Å². The summed E-state index contributed by atoms with van der Waals surface area (Å²) in [5, 5.41) is 28.7. The van der Waals surface area contributed by atoms with Gasteiger partial charge in [-0.15, -0.1) is 10.2 Å². The Hall–Kier alpha value is -3.63. The van der Waals surface area contributed by atoms with Gasteiger partial charge in [0, 0.05) is 19.7 Å². The van der Waals surface area contributed by atoms with Gasteiger partial charge in [-0.25, -0.2) is 0 Å². The van der Waals surface area contributed by atoms with Crippen LogP contribution in [0.1, 0.15) is 22.7 Å². The molecule has 1 aliphatic heterocycles. The highest BCUT2D eigenvalue weighted by Crippen LogP contribution is 2.30. The molecule has 144 valence electrons. The van der Waals surface area contributed by atoms with Gasteiger partial charge < -0.3 is 24.1 Å². The predicted octanol–water partition coefficient (Wildman–Crippen LogP) is 0.917. The number of carbonyl (C=O) groups is 1. The molecule has 0 radical (unpaired) electrons. The molecular weight excluding hydrogens is 364 g/mol. The van der Waals surface area contributed by atoms with Crippen molar-refractivity contribution in [2.24, 2.45) is 0 Å². The highest BCUT2D eigenvalue weighted by molar-refractivity contribution is 5.90. The Kier molecular flexibility index (Phi) is 5.72. The second kappa shape index (κ2) is 8.37. The van der Waals surface area contributed by atoms with Crippen molar-refractivity contribution in [3.05, 3.63) is 29.7 Å². The molecule has 0 saturated carbocycles. The van der Waals surface area contributed by atoms with Crippen LogP contribution in [0.4, 0.5) is 0 Å². The zero-order chi connectivity index (χ0) is 20.1. The van der Waals surface area contributed by atoms with Gasteiger partial charge in [-0.2, -0.15) is 10.5 Å². The van der Waals surface area contributed by atoms with Crippen LogP contribution in [0.25, 0.3) is 11.5 Å². The maximum Gasteiger partial charge on any atom is 0.309 e.